The number of nitrogens with zero attached hydrogens (tertiary/aromatic N) is 1. The van der Waals surface area contributed by atoms with Gasteiger partial charge in [-0.25, -0.2) is 0 Å². The van der Waals surface area contributed by atoms with Crippen LogP contribution >= 0.6 is 0 Å². The molecule has 3 heteroatoms. The van der Waals surface area contributed by atoms with E-state index in [9.17, 15) is 4.79 Å². The van der Waals surface area contributed by atoms with Gasteiger partial charge in [0.05, 0.1) is 17.7 Å². The fourth-order valence-electron chi connectivity index (χ4n) is 1.83. The van der Waals surface area contributed by atoms with Crippen molar-refractivity contribution in [3.05, 3.63) is 71.3 Å². The van der Waals surface area contributed by atoms with Gasteiger partial charge < -0.3 is 5.32 Å². The molecule has 94 valence electrons. The average molecular weight is 250 g/mol. The van der Waals surface area contributed by atoms with Gasteiger partial charge in [0.1, 0.15) is 0 Å². The van der Waals surface area contributed by atoms with Crippen molar-refractivity contribution < 1.29 is 4.79 Å². The smallest absolute Gasteiger partial charge is 0.251 e. The molecule has 19 heavy (non-hydrogen) atoms. The monoisotopic (exact) mass is 250 g/mol. The van der Waals surface area contributed by atoms with Crippen molar-refractivity contribution in [1.29, 1.82) is 5.26 Å². The lowest BCUT2D eigenvalue weighted by molar-refractivity contribution is 0.0940. The van der Waals surface area contributed by atoms with E-state index in [1.165, 1.54) is 0 Å². The van der Waals surface area contributed by atoms with E-state index in [4.69, 9.17) is 5.26 Å². The number of nitriles is 1. The number of carbonyl (C=O) groups excluding carboxylic acids is 1. The first-order valence-corrected chi connectivity index (χ1v) is 6.06. The molecule has 0 saturated heterocycles. The van der Waals surface area contributed by atoms with Crippen LogP contribution in [0.3, 0.4) is 0 Å². The zero-order valence-electron chi connectivity index (χ0n) is 10.6. The molecule has 0 heterocycles. The largest absolute Gasteiger partial charge is 0.346 e. The molecule has 0 fully saturated rings. The molecule has 0 aromatic heterocycles. The lowest BCUT2D eigenvalue weighted by atomic mass is 10.1. The van der Waals surface area contributed by atoms with E-state index in [2.05, 4.69) is 11.4 Å². The summed E-state index contributed by atoms with van der Waals surface area (Å²) < 4.78 is 0. The van der Waals surface area contributed by atoms with Crippen molar-refractivity contribution in [3.8, 4) is 6.07 Å². The molecular weight excluding hydrogens is 236 g/mol. The van der Waals surface area contributed by atoms with Gasteiger partial charge in [0.2, 0.25) is 0 Å². The van der Waals surface area contributed by atoms with Gasteiger partial charge in [-0.15, -0.1) is 0 Å². The fraction of sp³-hybridized carbons (Fsp3) is 0.125. The van der Waals surface area contributed by atoms with E-state index in [0.29, 0.717) is 11.1 Å². The SMILES string of the molecule is CC(NC(=O)c1ccccc1)c1cccc(C#N)c1. The van der Waals surface area contributed by atoms with E-state index in [1.54, 1.807) is 24.3 Å². The quantitative estimate of drug-likeness (QED) is 0.910. The van der Waals surface area contributed by atoms with Crippen LogP contribution in [-0.2, 0) is 0 Å². The Morgan fingerprint density at radius 1 is 1.16 bits per heavy atom. The van der Waals surface area contributed by atoms with E-state index in [0.717, 1.165) is 5.56 Å². The minimum Gasteiger partial charge on any atom is -0.346 e. The Hall–Kier alpha value is -2.60. The lowest BCUT2D eigenvalue weighted by Crippen LogP contribution is -2.26. The van der Waals surface area contributed by atoms with Crippen LogP contribution in [-0.4, -0.2) is 5.91 Å². The molecule has 2 rings (SSSR count). The number of carbonyl (C=O) groups is 1. The predicted molar refractivity (Wildman–Crippen MR) is 73.5 cm³/mol. The number of hydrogen-bond acceptors (Lipinski definition) is 2. The summed E-state index contributed by atoms with van der Waals surface area (Å²) in [6.45, 7) is 1.90. The first-order valence-electron chi connectivity index (χ1n) is 6.06. The van der Waals surface area contributed by atoms with Crippen LogP contribution < -0.4 is 5.32 Å². The predicted octanol–water partition coefficient (Wildman–Crippen LogP) is 3.05. The average Bonchev–Trinajstić information content (AvgIpc) is 2.48. The number of hydrogen-bond donors (Lipinski definition) is 1. The Morgan fingerprint density at radius 3 is 2.58 bits per heavy atom. The summed E-state index contributed by atoms with van der Waals surface area (Å²) in [5.41, 5.74) is 2.15. The molecule has 1 N–H and O–H groups in total. The molecule has 2 aromatic rings. The highest BCUT2D eigenvalue weighted by atomic mass is 16.1. The number of amides is 1. The number of nitrogens with one attached hydrogen (secondary N) is 1. The minimum atomic E-state index is -0.138. The fourth-order valence-corrected chi connectivity index (χ4v) is 1.83. The van der Waals surface area contributed by atoms with Gasteiger partial charge in [0.15, 0.2) is 0 Å². The molecular formula is C16H14N2O. The maximum absolute atomic E-state index is 12.0. The van der Waals surface area contributed by atoms with Gasteiger partial charge >= 0.3 is 0 Å². The topological polar surface area (TPSA) is 52.9 Å². The zero-order chi connectivity index (χ0) is 13.7. The van der Waals surface area contributed by atoms with Crippen LogP contribution in [0.1, 0.15) is 34.5 Å². The Kier molecular flexibility index (Phi) is 3.94. The molecule has 3 nitrogen and oxygen atoms in total. The van der Waals surface area contributed by atoms with Crippen molar-refractivity contribution >= 4 is 5.91 Å². The lowest BCUT2D eigenvalue weighted by Gasteiger charge is -2.14. The highest BCUT2D eigenvalue weighted by Gasteiger charge is 2.11. The molecule has 0 aliphatic carbocycles. The Bertz CT molecular complexity index is 614. The summed E-state index contributed by atoms with van der Waals surface area (Å²) in [4.78, 5) is 12.0. The Morgan fingerprint density at radius 2 is 1.89 bits per heavy atom. The third-order valence-corrected chi connectivity index (χ3v) is 2.90. The van der Waals surface area contributed by atoms with Crippen LogP contribution in [0.4, 0.5) is 0 Å². The van der Waals surface area contributed by atoms with Crippen molar-refractivity contribution in [2.75, 3.05) is 0 Å². The minimum absolute atomic E-state index is 0.115. The molecule has 0 spiro atoms. The van der Waals surface area contributed by atoms with Gasteiger partial charge in [0, 0.05) is 5.56 Å². The van der Waals surface area contributed by atoms with Crippen LogP contribution in [0, 0.1) is 11.3 Å². The first kappa shape index (κ1) is 12.8. The van der Waals surface area contributed by atoms with Crippen molar-refractivity contribution in [2.24, 2.45) is 0 Å². The second-order valence-corrected chi connectivity index (χ2v) is 4.30. The summed E-state index contributed by atoms with van der Waals surface area (Å²) >= 11 is 0. The van der Waals surface area contributed by atoms with E-state index in [1.807, 2.05) is 37.3 Å². The maximum Gasteiger partial charge on any atom is 0.251 e. The zero-order valence-corrected chi connectivity index (χ0v) is 10.6. The third kappa shape index (κ3) is 3.20. The standard InChI is InChI=1S/C16H14N2O/c1-12(15-9-5-6-13(10-15)11-17)18-16(19)14-7-3-2-4-8-14/h2-10,12H,1H3,(H,18,19). The molecule has 0 bridgehead atoms. The second-order valence-electron chi connectivity index (χ2n) is 4.30. The van der Waals surface area contributed by atoms with E-state index in [-0.39, 0.29) is 11.9 Å². The van der Waals surface area contributed by atoms with Gasteiger partial charge in [-0.05, 0) is 36.8 Å². The van der Waals surface area contributed by atoms with Crippen molar-refractivity contribution in [1.82, 2.24) is 5.32 Å². The summed E-state index contributed by atoms with van der Waals surface area (Å²) in [5.74, 6) is -0.115. The molecule has 1 unspecified atom stereocenters. The highest BCUT2D eigenvalue weighted by Crippen LogP contribution is 2.14. The molecule has 0 aliphatic heterocycles. The molecule has 0 aliphatic rings. The molecule has 1 atom stereocenters. The summed E-state index contributed by atoms with van der Waals surface area (Å²) in [7, 11) is 0. The van der Waals surface area contributed by atoms with Crippen LogP contribution in [0.5, 0.6) is 0 Å². The molecule has 2 aromatic carbocycles. The van der Waals surface area contributed by atoms with Crippen molar-refractivity contribution in [2.45, 2.75) is 13.0 Å². The van der Waals surface area contributed by atoms with Gasteiger partial charge in [0.25, 0.3) is 5.91 Å². The summed E-state index contributed by atoms with van der Waals surface area (Å²) in [5, 5.41) is 11.8. The highest BCUT2D eigenvalue weighted by molar-refractivity contribution is 5.94. The summed E-state index contributed by atoms with van der Waals surface area (Å²) in [6, 6.07) is 18.3. The van der Waals surface area contributed by atoms with Gasteiger partial charge in [-0.2, -0.15) is 5.26 Å². The van der Waals surface area contributed by atoms with E-state index < -0.39 is 0 Å². The molecule has 0 saturated carbocycles. The van der Waals surface area contributed by atoms with Gasteiger partial charge in [-0.3, -0.25) is 4.79 Å². The van der Waals surface area contributed by atoms with Crippen LogP contribution in [0.15, 0.2) is 54.6 Å². The van der Waals surface area contributed by atoms with Gasteiger partial charge in [-0.1, -0.05) is 30.3 Å². The summed E-state index contributed by atoms with van der Waals surface area (Å²) in [6.07, 6.45) is 0. The molecule has 1 amide bonds. The van der Waals surface area contributed by atoms with E-state index >= 15 is 0 Å². The van der Waals surface area contributed by atoms with Crippen molar-refractivity contribution in [3.63, 3.8) is 0 Å². The van der Waals surface area contributed by atoms with Crippen LogP contribution in [0.25, 0.3) is 0 Å². The third-order valence-electron chi connectivity index (χ3n) is 2.90. The van der Waals surface area contributed by atoms with Crippen LogP contribution in [0.2, 0.25) is 0 Å². The second kappa shape index (κ2) is 5.83. The molecule has 0 radical (unpaired) electrons. The maximum atomic E-state index is 12.0. The Balaban J connectivity index is 2.11. The first-order chi connectivity index (χ1) is 9.20. The Labute approximate surface area is 112 Å². The normalized spacial score (nSPS) is 11.4. The number of rotatable bonds is 3. The number of benzene rings is 2.